The van der Waals surface area contributed by atoms with Gasteiger partial charge in [-0.15, -0.1) is 11.6 Å². The molecule has 1 N–H and O–H groups in total. The third-order valence-electron chi connectivity index (χ3n) is 1.69. The van der Waals surface area contributed by atoms with Crippen LogP contribution >= 0.6 is 11.6 Å². The minimum Gasteiger partial charge on any atom is -0.501 e. The van der Waals surface area contributed by atoms with Crippen molar-refractivity contribution in [3.63, 3.8) is 0 Å². The van der Waals surface area contributed by atoms with Gasteiger partial charge in [-0.05, 0) is 6.07 Å². The van der Waals surface area contributed by atoms with Gasteiger partial charge in [-0.25, -0.2) is 4.39 Å². The van der Waals surface area contributed by atoms with Gasteiger partial charge in [0.25, 0.3) is 0 Å². The molecule has 0 spiro atoms. The van der Waals surface area contributed by atoms with Crippen molar-refractivity contribution in [1.82, 2.24) is 0 Å². The molecule has 4 nitrogen and oxygen atoms in total. The molecule has 16 heavy (non-hydrogen) atoms. The molecular formula is C10H7ClFNO3. The van der Waals surface area contributed by atoms with Crippen LogP contribution in [0.1, 0.15) is 12.0 Å². The number of nitrogens with zero attached hydrogens (tertiary/aromatic N) is 1. The van der Waals surface area contributed by atoms with Crippen molar-refractivity contribution in [2.75, 3.05) is 5.88 Å². The fraction of sp³-hybridized carbons (Fsp3) is 0.200. The van der Waals surface area contributed by atoms with E-state index in [1.54, 1.807) is 0 Å². The number of halogens is 2. The van der Waals surface area contributed by atoms with E-state index in [-0.39, 0.29) is 5.56 Å². The van der Waals surface area contributed by atoms with E-state index < -0.39 is 22.2 Å². The first-order valence-electron chi connectivity index (χ1n) is 4.28. The zero-order valence-electron chi connectivity index (χ0n) is 8.04. The van der Waals surface area contributed by atoms with E-state index >= 15 is 0 Å². The third kappa shape index (κ3) is 2.84. The largest absolute Gasteiger partial charge is 0.501 e. The van der Waals surface area contributed by atoms with Gasteiger partial charge in [0.1, 0.15) is 5.82 Å². The van der Waals surface area contributed by atoms with E-state index in [9.17, 15) is 19.6 Å². The summed E-state index contributed by atoms with van der Waals surface area (Å²) in [6.45, 7) is 0. The fourth-order valence-corrected chi connectivity index (χ4v) is 1.12. The van der Waals surface area contributed by atoms with Crippen molar-refractivity contribution in [2.45, 2.75) is 6.42 Å². The summed E-state index contributed by atoms with van der Waals surface area (Å²) >= 11 is 5.37. The summed E-state index contributed by atoms with van der Waals surface area (Å²) < 4.78 is 13.0. The Morgan fingerprint density at radius 2 is 2.25 bits per heavy atom. The Balaban J connectivity index is 3.21. The average molecular weight is 244 g/mol. The summed E-state index contributed by atoms with van der Waals surface area (Å²) in [5.41, 5.74) is -0.813. The molecule has 1 aromatic carbocycles. The predicted octanol–water partition coefficient (Wildman–Crippen LogP) is 2.42. The highest BCUT2D eigenvalue weighted by Gasteiger charge is 2.18. The highest BCUT2D eigenvalue weighted by Crippen LogP contribution is 2.30. The van der Waals surface area contributed by atoms with Gasteiger partial charge in [-0.2, -0.15) is 0 Å². The number of nitro groups is 1. The number of aromatic hydroxyl groups is 1. The second-order valence-corrected chi connectivity index (χ2v) is 3.20. The van der Waals surface area contributed by atoms with Gasteiger partial charge in [0, 0.05) is 12.3 Å². The van der Waals surface area contributed by atoms with Crippen LogP contribution in [0.25, 0.3) is 0 Å². The fourth-order valence-electron chi connectivity index (χ4n) is 1.02. The maximum atomic E-state index is 13.0. The summed E-state index contributed by atoms with van der Waals surface area (Å²) in [4.78, 5) is 9.60. The molecule has 0 bridgehead atoms. The Bertz CT molecular complexity index is 479. The molecule has 1 aromatic rings. The first-order valence-corrected chi connectivity index (χ1v) is 4.81. The van der Waals surface area contributed by atoms with Crippen molar-refractivity contribution >= 4 is 17.3 Å². The number of phenols is 1. The normalized spacial score (nSPS) is 9.38. The molecule has 0 unspecified atom stereocenters. The highest BCUT2D eigenvalue weighted by molar-refractivity contribution is 6.18. The second kappa shape index (κ2) is 5.33. The molecule has 0 aliphatic rings. The summed E-state index contributed by atoms with van der Waals surface area (Å²) in [7, 11) is 0. The Morgan fingerprint density at radius 1 is 1.56 bits per heavy atom. The van der Waals surface area contributed by atoms with E-state index in [0.29, 0.717) is 18.4 Å². The predicted molar refractivity (Wildman–Crippen MR) is 56.9 cm³/mol. The minimum absolute atomic E-state index is 0.114. The zero-order chi connectivity index (χ0) is 12.1. The Morgan fingerprint density at radius 3 is 2.81 bits per heavy atom. The highest BCUT2D eigenvalue weighted by atomic mass is 35.5. The number of hydrogen-bond donors (Lipinski definition) is 1. The third-order valence-corrected chi connectivity index (χ3v) is 1.88. The molecule has 84 valence electrons. The summed E-state index contributed by atoms with van der Waals surface area (Å²) in [6.07, 6.45) is 0.352. The van der Waals surface area contributed by atoms with Crippen LogP contribution in [0, 0.1) is 27.8 Å². The maximum absolute atomic E-state index is 13.0. The van der Waals surface area contributed by atoms with Crippen molar-refractivity contribution in [3.8, 4) is 17.6 Å². The van der Waals surface area contributed by atoms with E-state index in [2.05, 4.69) is 11.8 Å². The van der Waals surface area contributed by atoms with E-state index in [4.69, 9.17) is 11.6 Å². The first-order chi connectivity index (χ1) is 7.56. The van der Waals surface area contributed by atoms with Gasteiger partial charge in [0.15, 0.2) is 0 Å². The standard InChI is InChI=1S/C10H7ClFNO3/c11-4-2-1-3-7-5-8(12)6-9(10(7)14)13(15)16/h5-6,14H,2,4H2. The second-order valence-electron chi connectivity index (χ2n) is 2.82. The summed E-state index contributed by atoms with van der Waals surface area (Å²) in [6, 6.07) is 1.58. The van der Waals surface area contributed by atoms with Crippen molar-refractivity contribution in [2.24, 2.45) is 0 Å². The average Bonchev–Trinajstić information content (AvgIpc) is 2.22. The SMILES string of the molecule is O=[N+]([O-])c1cc(F)cc(C#CCCCl)c1O. The Labute approximate surface area is 95.8 Å². The van der Waals surface area contributed by atoms with Crippen molar-refractivity contribution in [1.29, 1.82) is 0 Å². The van der Waals surface area contributed by atoms with Crippen LogP contribution in [0.4, 0.5) is 10.1 Å². The number of nitro benzene ring substituents is 1. The number of hydrogen-bond acceptors (Lipinski definition) is 3. The maximum Gasteiger partial charge on any atom is 0.314 e. The Hall–Kier alpha value is -1.80. The monoisotopic (exact) mass is 243 g/mol. The van der Waals surface area contributed by atoms with Crippen LogP contribution in [0.3, 0.4) is 0 Å². The lowest BCUT2D eigenvalue weighted by atomic mass is 10.1. The number of rotatable bonds is 2. The Kier molecular flexibility index (Phi) is 4.09. The molecule has 0 heterocycles. The molecular weight excluding hydrogens is 237 g/mol. The van der Waals surface area contributed by atoms with Crippen molar-refractivity contribution < 1.29 is 14.4 Å². The molecule has 6 heteroatoms. The molecule has 0 saturated carbocycles. The molecule has 0 saturated heterocycles. The van der Waals surface area contributed by atoms with Crippen LogP contribution < -0.4 is 0 Å². The molecule has 0 fully saturated rings. The minimum atomic E-state index is -0.870. The smallest absolute Gasteiger partial charge is 0.314 e. The zero-order valence-corrected chi connectivity index (χ0v) is 8.79. The van der Waals surface area contributed by atoms with Gasteiger partial charge in [-0.1, -0.05) is 11.8 Å². The molecule has 0 radical (unpaired) electrons. The van der Waals surface area contributed by atoms with E-state index in [1.807, 2.05) is 0 Å². The quantitative estimate of drug-likeness (QED) is 0.375. The molecule has 1 rings (SSSR count). The lowest BCUT2D eigenvalue weighted by Crippen LogP contribution is -1.92. The van der Waals surface area contributed by atoms with Crippen LogP contribution in [-0.4, -0.2) is 15.9 Å². The van der Waals surface area contributed by atoms with Gasteiger partial charge >= 0.3 is 5.69 Å². The topological polar surface area (TPSA) is 63.4 Å². The van der Waals surface area contributed by atoms with E-state index in [0.717, 1.165) is 6.07 Å². The number of alkyl halides is 1. The van der Waals surface area contributed by atoms with Crippen molar-refractivity contribution in [3.05, 3.63) is 33.6 Å². The lowest BCUT2D eigenvalue weighted by Gasteiger charge is -1.99. The van der Waals surface area contributed by atoms with Gasteiger partial charge in [0.05, 0.1) is 16.6 Å². The number of phenolic OH excluding ortho intramolecular Hbond substituents is 1. The van der Waals surface area contributed by atoms with Crippen LogP contribution in [0.15, 0.2) is 12.1 Å². The van der Waals surface area contributed by atoms with E-state index in [1.165, 1.54) is 0 Å². The summed E-state index contributed by atoms with van der Waals surface area (Å²) in [5, 5.41) is 19.9. The first kappa shape index (κ1) is 12.3. The molecule has 0 aliphatic carbocycles. The molecule has 0 amide bonds. The van der Waals surface area contributed by atoms with Gasteiger partial charge in [0.2, 0.25) is 5.75 Å². The molecule has 0 atom stereocenters. The summed E-state index contributed by atoms with van der Waals surface area (Å²) in [5.74, 6) is 3.82. The number of benzene rings is 1. The molecule has 0 aliphatic heterocycles. The van der Waals surface area contributed by atoms with Crippen LogP contribution in [-0.2, 0) is 0 Å². The molecule has 0 aromatic heterocycles. The van der Waals surface area contributed by atoms with Crippen LogP contribution in [0.5, 0.6) is 5.75 Å². The van der Waals surface area contributed by atoms with Gasteiger partial charge in [-0.3, -0.25) is 10.1 Å². The van der Waals surface area contributed by atoms with Crippen LogP contribution in [0.2, 0.25) is 0 Å². The van der Waals surface area contributed by atoms with Gasteiger partial charge < -0.3 is 5.11 Å². The lowest BCUT2D eigenvalue weighted by molar-refractivity contribution is -0.386.